The molecule has 0 aliphatic heterocycles. The number of unbranched alkanes of at least 4 members (excludes halogenated alkanes) is 2. The van der Waals surface area contributed by atoms with Gasteiger partial charge in [0.2, 0.25) is 0 Å². The minimum absolute atomic E-state index is 0.245. The second kappa shape index (κ2) is 8.25. The Morgan fingerprint density at radius 1 is 1.33 bits per heavy atom. The molecule has 0 N–H and O–H groups in total. The van der Waals surface area contributed by atoms with Crippen molar-refractivity contribution in [3.63, 3.8) is 0 Å². The number of hydrogen-bond donors (Lipinski definition) is 0. The molecule has 1 atom stereocenters. The zero-order valence-corrected chi connectivity index (χ0v) is 11.1. The zero-order chi connectivity index (χ0) is 13.2. The van der Waals surface area contributed by atoms with E-state index in [1.807, 2.05) is 24.3 Å². The third-order valence-corrected chi connectivity index (χ3v) is 2.54. The first kappa shape index (κ1) is 14.2. The van der Waals surface area contributed by atoms with E-state index in [-0.39, 0.29) is 6.10 Å². The molecular weight excluding hydrogens is 224 g/mol. The molecule has 0 saturated heterocycles. The van der Waals surface area contributed by atoms with Gasteiger partial charge in [-0.05, 0) is 18.6 Å². The van der Waals surface area contributed by atoms with Crippen molar-refractivity contribution in [3.05, 3.63) is 42.7 Å². The van der Waals surface area contributed by atoms with Gasteiger partial charge < -0.3 is 9.47 Å². The Bertz CT molecular complexity index is 409. The minimum atomic E-state index is -0.245. The first-order valence-corrected chi connectivity index (χ1v) is 6.20. The summed E-state index contributed by atoms with van der Waals surface area (Å²) in [7, 11) is 1.65. The lowest BCUT2D eigenvalue weighted by Crippen LogP contribution is -1.97. The molecule has 2 nitrogen and oxygen atoms in total. The summed E-state index contributed by atoms with van der Waals surface area (Å²) in [5.74, 6) is 7.10. The average Bonchev–Trinajstić information content (AvgIpc) is 2.42. The summed E-state index contributed by atoms with van der Waals surface area (Å²) in [6, 6.07) is 7.73. The van der Waals surface area contributed by atoms with E-state index in [1.165, 1.54) is 6.26 Å². The number of rotatable bonds is 6. The van der Waals surface area contributed by atoms with Crippen LogP contribution in [0.2, 0.25) is 0 Å². The van der Waals surface area contributed by atoms with E-state index in [2.05, 4.69) is 25.3 Å². The van der Waals surface area contributed by atoms with Gasteiger partial charge in [0.1, 0.15) is 5.75 Å². The van der Waals surface area contributed by atoms with Crippen LogP contribution in [0.25, 0.3) is 0 Å². The lowest BCUT2D eigenvalue weighted by Gasteiger charge is -2.11. The van der Waals surface area contributed by atoms with Crippen LogP contribution in [0.4, 0.5) is 0 Å². The molecule has 0 saturated carbocycles. The molecule has 96 valence electrons. The van der Waals surface area contributed by atoms with Crippen LogP contribution in [-0.4, -0.2) is 7.11 Å². The predicted molar refractivity (Wildman–Crippen MR) is 74.3 cm³/mol. The fourth-order valence-corrected chi connectivity index (χ4v) is 1.50. The highest BCUT2D eigenvalue weighted by atomic mass is 16.5. The van der Waals surface area contributed by atoms with Crippen LogP contribution >= 0.6 is 0 Å². The van der Waals surface area contributed by atoms with Gasteiger partial charge in [-0.2, -0.15) is 0 Å². The van der Waals surface area contributed by atoms with E-state index in [9.17, 15) is 0 Å². The van der Waals surface area contributed by atoms with Crippen molar-refractivity contribution in [2.24, 2.45) is 0 Å². The fourth-order valence-electron chi connectivity index (χ4n) is 1.50. The van der Waals surface area contributed by atoms with E-state index in [0.29, 0.717) is 0 Å². The summed E-state index contributed by atoms with van der Waals surface area (Å²) >= 11 is 0. The SMILES string of the molecule is C=COC(C#CCCCC)c1ccc(OC)cc1. The van der Waals surface area contributed by atoms with Gasteiger partial charge in [-0.1, -0.05) is 43.9 Å². The van der Waals surface area contributed by atoms with Gasteiger partial charge in [-0.15, -0.1) is 0 Å². The van der Waals surface area contributed by atoms with Gasteiger partial charge in [-0.25, -0.2) is 0 Å². The van der Waals surface area contributed by atoms with Crippen molar-refractivity contribution >= 4 is 0 Å². The van der Waals surface area contributed by atoms with Crippen molar-refractivity contribution in [2.75, 3.05) is 7.11 Å². The lowest BCUT2D eigenvalue weighted by atomic mass is 10.1. The molecule has 1 unspecified atom stereocenters. The molecule has 0 bridgehead atoms. The third-order valence-electron chi connectivity index (χ3n) is 2.54. The number of methoxy groups -OCH3 is 1. The molecule has 0 aromatic heterocycles. The number of ether oxygens (including phenoxy) is 2. The molecule has 1 rings (SSSR count). The minimum Gasteiger partial charge on any atom is -0.497 e. The standard InChI is InChI=1S/C16H20O2/c1-4-6-7-8-9-16(18-5-2)14-10-12-15(17-3)13-11-14/h5,10-13,16H,2,4,6-7H2,1,3H3. The summed E-state index contributed by atoms with van der Waals surface area (Å²) < 4.78 is 10.6. The Balaban J connectivity index is 2.74. The summed E-state index contributed by atoms with van der Waals surface area (Å²) in [5.41, 5.74) is 1.01. The second-order valence-corrected chi connectivity index (χ2v) is 3.88. The van der Waals surface area contributed by atoms with Crippen molar-refractivity contribution in [1.82, 2.24) is 0 Å². The summed E-state index contributed by atoms with van der Waals surface area (Å²) in [6.45, 7) is 5.75. The quantitative estimate of drug-likeness (QED) is 0.426. The average molecular weight is 244 g/mol. The van der Waals surface area contributed by atoms with Crippen LogP contribution in [0.15, 0.2) is 37.1 Å². The van der Waals surface area contributed by atoms with Crippen LogP contribution in [0.1, 0.15) is 37.9 Å². The lowest BCUT2D eigenvalue weighted by molar-refractivity contribution is 0.199. The van der Waals surface area contributed by atoms with Gasteiger partial charge in [-0.3, -0.25) is 0 Å². The smallest absolute Gasteiger partial charge is 0.183 e. The van der Waals surface area contributed by atoms with Gasteiger partial charge in [0.25, 0.3) is 0 Å². The Kier molecular flexibility index (Phi) is 6.50. The highest BCUT2D eigenvalue weighted by Crippen LogP contribution is 2.20. The molecule has 0 aliphatic carbocycles. The molecule has 0 aliphatic rings. The van der Waals surface area contributed by atoms with Crippen LogP contribution in [0, 0.1) is 11.8 Å². The first-order chi connectivity index (χ1) is 8.81. The Morgan fingerprint density at radius 2 is 2.06 bits per heavy atom. The Labute approximate surface area is 110 Å². The molecule has 0 heterocycles. The van der Waals surface area contributed by atoms with E-state index in [0.717, 1.165) is 30.6 Å². The zero-order valence-electron chi connectivity index (χ0n) is 11.1. The predicted octanol–water partition coefficient (Wildman–Crippen LogP) is 4.09. The maximum atomic E-state index is 5.43. The molecular formula is C16H20O2. The van der Waals surface area contributed by atoms with Crippen molar-refractivity contribution in [2.45, 2.75) is 32.3 Å². The maximum Gasteiger partial charge on any atom is 0.183 e. The summed E-state index contributed by atoms with van der Waals surface area (Å²) in [6.07, 6.45) is 4.37. The van der Waals surface area contributed by atoms with Gasteiger partial charge in [0.05, 0.1) is 13.4 Å². The van der Waals surface area contributed by atoms with Gasteiger partial charge >= 0.3 is 0 Å². The molecule has 0 fully saturated rings. The molecule has 0 radical (unpaired) electrons. The van der Waals surface area contributed by atoms with E-state index < -0.39 is 0 Å². The Hall–Kier alpha value is -1.88. The largest absolute Gasteiger partial charge is 0.497 e. The highest BCUT2D eigenvalue weighted by Gasteiger charge is 2.07. The van der Waals surface area contributed by atoms with Crippen molar-refractivity contribution in [3.8, 4) is 17.6 Å². The molecule has 1 aromatic carbocycles. The van der Waals surface area contributed by atoms with Gasteiger partial charge in [0.15, 0.2) is 6.10 Å². The van der Waals surface area contributed by atoms with Crippen LogP contribution in [-0.2, 0) is 4.74 Å². The fraction of sp³-hybridized carbons (Fsp3) is 0.375. The number of benzene rings is 1. The van der Waals surface area contributed by atoms with Crippen LogP contribution in [0.5, 0.6) is 5.75 Å². The van der Waals surface area contributed by atoms with Gasteiger partial charge in [0, 0.05) is 12.0 Å². The van der Waals surface area contributed by atoms with E-state index in [4.69, 9.17) is 9.47 Å². The molecule has 1 aromatic rings. The van der Waals surface area contributed by atoms with Crippen molar-refractivity contribution < 1.29 is 9.47 Å². The highest BCUT2D eigenvalue weighted by molar-refractivity contribution is 5.32. The van der Waals surface area contributed by atoms with Crippen LogP contribution < -0.4 is 4.74 Å². The third kappa shape index (κ3) is 4.55. The molecule has 18 heavy (non-hydrogen) atoms. The normalized spacial score (nSPS) is 11.0. The second-order valence-electron chi connectivity index (χ2n) is 3.88. The van der Waals surface area contributed by atoms with Crippen LogP contribution in [0.3, 0.4) is 0 Å². The molecule has 2 heteroatoms. The summed E-state index contributed by atoms with van der Waals surface area (Å²) in [5, 5.41) is 0. The Morgan fingerprint density at radius 3 is 2.61 bits per heavy atom. The summed E-state index contributed by atoms with van der Waals surface area (Å²) in [4.78, 5) is 0. The van der Waals surface area contributed by atoms with Crippen molar-refractivity contribution in [1.29, 1.82) is 0 Å². The first-order valence-electron chi connectivity index (χ1n) is 6.20. The molecule has 0 spiro atoms. The topological polar surface area (TPSA) is 18.5 Å². The van der Waals surface area contributed by atoms with E-state index >= 15 is 0 Å². The number of hydrogen-bond acceptors (Lipinski definition) is 2. The van der Waals surface area contributed by atoms with E-state index in [1.54, 1.807) is 7.11 Å². The monoisotopic (exact) mass is 244 g/mol. The molecule has 0 amide bonds. The maximum absolute atomic E-state index is 5.43.